The van der Waals surface area contributed by atoms with Crippen molar-refractivity contribution in [2.45, 2.75) is 31.0 Å². The van der Waals surface area contributed by atoms with E-state index in [4.69, 9.17) is 15.6 Å². The highest BCUT2D eigenvalue weighted by Crippen LogP contribution is 2.32. The van der Waals surface area contributed by atoms with Gasteiger partial charge in [0.05, 0.1) is 18.6 Å². The number of nitrogen functional groups attached to an aromatic ring is 1. The van der Waals surface area contributed by atoms with E-state index in [2.05, 4.69) is 9.97 Å². The molecule has 10 heteroatoms. The molecule has 2 aliphatic rings. The first kappa shape index (κ1) is 13.9. The van der Waals surface area contributed by atoms with Crippen molar-refractivity contribution in [3.63, 3.8) is 0 Å². The predicted molar refractivity (Wildman–Crippen MR) is 68.2 cm³/mol. The SMILES string of the molecule is Nc1nc2c(c(=O)[nH]1)CC(=O)N2[C@@H]1O[C@H](CO)C(O)[C@@H]1O. The van der Waals surface area contributed by atoms with Crippen molar-refractivity contribution in [3.05, 3.63) is 15.9 Å². The lowest BCUT2D eigenvalue weighted by atomic mass is 10.1. The fourth-order valence-corrected chi connectivity index (χ4v) is 2.57. The Kier molecular flexibility index (Phi) is 3.17. The highest BCUT2D eigenvalue weighted by atomic mass is 16.6. The highest BCUT2D eigenvalue weighted by Gasteiger charge is 2.49. The molecule has 0 spiro atoms. The number of aromatic amines is 1. The summed E-state index contributed by atoms with van der Waals surface area (Å²) >= 11 is 0. The lowest BCUT2D eigenvalue weighted by molar-refractivity contribution is -0.121. The van der Waals surface area contributed by atoms with Crippen LogP contribution < -0.4 is 16.2 Å². The molecule has 3 heterocycles. The number of aromatic nitrogens is 2. The molecule has 21 heavy (non-hydrogen) atoms. The predicted octanol–water partition coefficient (Wildman–Crippen LogP) is -3.32. The molecule has 1 unspecified atom stereocenters. The average Bonchev–Trinajstić information content (AvgIpc) is 2.89. The molecule has 2 aliphatic heterocycles. The second kappa shape index (κ2) is 4.77. The molecule has 1 saturated heterocycles. The Morgan fingerprint density at radius 3 is 2.71 bits per heavy atom. The summed E-state index contributed by atoms with van der Waals surface area (Å²) in [6.07, 6.45) is -5.25. The standard InChI is InChI=1S/C11H14N4O6/c12-11-13-8-3(9(20)14-11)1-5(17)15(8)10-7(19)6(18)4(2-16)21-10/h4,6-7,10,16,18-19H,1-2H2,(H3,12,13,14,20)/t4-,6?,7+,10-/m1/s1. The van der Waals surface area contributed by atoms with Crippen LogP contribution in [0.2, 0.25) is 0 Å². The lowest BCUT2D eigenvalue weighted by Gasteiger charge is -2.25. The molecule has 3 rings (SSSR count). The number of nitrogens with two attached hydrogens (primary N) is 1. The Morgan fingerprint density at radius 2 is 2.10 bits per heavy atom. The molecule has 1 amide bonds. The number of carbonyl (C=O) groups is 1. The van der Waals surface area contributed by atoms with Crippen LogP contribution in [0.15, 0.2) is 4.79 Å². The molecule has 0 radical (unpaired) electrons. The normalized spacial score (nSPS) is 31.8. The molecule has 0 aromatic carbocycles. The first-order valence-corrected chi connectivity index (χ1v) is 6.27. The maximum Gasteiger partial charge on any atom is 0.258 e. The van der Waals surface area contributed by atoms with E-state index in [1.165, 1.54) is 0 Å². The molecule has 6 N–H and O–H groups in total. The van der Waals surface area contributed by atoms with E-state index in [1.54, 1.807) is 0 Å². The van der Waals surface area contributed by atoms with Gasteiger partial charge < -0.3 is 25.8 Å². The number of aliphatic hydroxyl groups excluding tert-OH is 3. The number of hydrogen-bond donors (Lipinski definition) is 5. The van der Waals surface area contributed by atoms with Gasteiger partial charge in [-0.3, -0.25) is 19.5 Å². The maximum atomic E-state index is 12.1. The van der Waals surface area contributed by atoms with Gasteiger partial charge in [-0.1, -0.05) is 0 Å². The number of H-pyrrole nitrogens is 1. The molecule has 1 aromatic rings. The summed E-state index contributed by atoms with van der Waals surface area (Å²) in [5, 5.41) is 28.8. The third-order valence-electron chi connectivity index (χ3n) is 3.61. The summed E-state index contributed by atoms with van der Waals surface area (Å²) in [6, 6.07) is 0. The number of carbonyl (C=O) groups excluding carboxylic acids is 1. The third-order valence-corrected chi connectivity index (χ3v) is 3.61. The second-order valence-corrected chi connectivity index (χ2v) is 4.92. The van der Waals surface area contributed by atoms with Gasteiger partial charge in [-0.15, -0.1) is 0 Å². The highest BCUT2D eigenvalue weighted by molar-refractivity contribution is 6.00. The van der Waals surface area contributed by atoms with E-state index >= 15 is 0 Å². The van der Waals surface area contributed by atoms with Gasteiger partial charge in [0, 0.05) is 0 Å². The molecule has 114 valence electrons. The molecule has 0 saturated carbocycles. The quantitative estimate of drug-likeness (QED) is 0.379. The number of amides is 1. The van der Waals surface area contributed by atoms with Crippen LogP contribution >= 0.6 is 0 Å². The van der Waals surface area contributed by atoms with Crippen molar-refractivity contribution in [3.8, 4) is 0 Å². The summed E-state index contributed by atoms with van der Waals surface area (Å²) in [6.45, 7) is -0.519. The van der Waals surface area contributed by atoms with Crippen LogP contribution in [0, 0.1) is 0 Å². The van der Waals surface area contributed by atoms with Crippen molar-refractivity contribution in [2.24, 2.45) is 0 Å². The van der Waals surface area contributed by atoms with Crippen molar-refractivity contribution < 1.29 is 24.9 Å². The Morgan fingerprint density at radius 1 is 1.38 bits per heavy atom. The molecule has 0 aliphatic carbocycles. The number of nitrogens with zero attached hydrogens (tertiary/aromatic N) is 2. The Balaban J connectivity index is 2.02. The Hall–Kier alpha value is -2.01. The molecule has 4 atom stereocenters. The zero-order valence-corrected chi connectivity index (χ0v) is 10.8. The monoisotopic (exact) mass is 298 g/mol. The first-order valence-electron chi connectivity index (χ1n) is 6.27. The van der Waals surface area contributed by atoms with E-state index in [-0.39, 0.29) is 23.8 Å². The Labute approximate surface area is 117 Å². The van der Waals surface area contributed by atoms with Crippen LogP contribution in [0.25, 0.3) is 0 Å². The van der Waals surface area contributed by atoms with Gasteiger partial charge in [-0.2, -0.15) is 4.98 Å². The van der Waals surface area contributed by atoms with Crippen LogP contribution in [-0.4, -0.2) is 62.3 Å². The topological polar surface area (TPSA) is 162 Å². The largest absolute Gasteiger partial charge is 0.394 e. The number of rotatable bonds is 2. The molecule has 10 nitrogen and oxygen atoms in total. The summed E-state index contributed by atoms with van der Waals surface area (Å²) in [5.74, 6) is -0.690. The van der Waals surface area contributed by atoms with Crippen molar-refractivity contribution in [1.29, 1.82) is 0 Å². The molecular weight excluding hydrogens is 284 g/mol. The summed E-state index contributed by atoms with van der Waals surface area (Å²) in [4.78, 5) is 31.0. The maximum absolute atomic E-state index is 12.1. The van der Waals surface area contributed by atoms with E-state index in [0.29, 0.717) is 0 Å². The Bertz CT molecular complexity index is 646. The van der Waals surface area contributed by atoms with Gasteiger partial charge in [0.1, 0.15) is 18.3 Å². The fraction of sp³-hybridized carbons (Fsp3) is 0.545. The molecule has 1 fully saturated rings. The van der Waals surface area contributed by atoms with Gasteiger partial charge in [-0.05, 0) is 0 Å². The molecule has 1 aromatic heterocycles. The second-order valence-electron chi connectivity index (χ2n) is 4.92. The van der Waals surface area contributed by atoms with Gasteiger partial charge in [0.2, 0.25) is 11.9 Å². The van der Waals surface area contributed by atoms with Crippen LogP contribution in [0.4, 0.5) is 11.8 Å². The number of nitrogens with one attached hydrogen (secondary N) is 1. The van der Waals surface area contributed by atoms with Crippen molar-refractivity contribution >= 4 is 17.7 Å². The number of anilines is 2. The number of aliphatic hydroxyl groups is 3. The van der Waals surface area contributed by atoms with Crippen LogP contribution in [0.3, 0.4) is 0 Å². The fourth-order valence-electron chi connectivity index (χ4n) is 2.57. The third kappa shape index (κ3) is 2.00. The van der Waals surface area contributed by atoms with E-state index in [1.807, 2.05) is 0 Å². The molecular formula is C11H14N4O6. The van der Waals surface area contributed by atoms with Crippen molar-refractivity contribution in [1.82, 2.24) is 9.97 Å². The van der Waals surface area contributed by atoms with Gasteiger partial charge >= 0.3 is 0 Å². The minimum Gasteiger partial charge on any atom is -0.394 e. The summed E-state index contributed by atoms with van der Waals surface area (Å²) in [5.41, 5.74) is 5.03. The van der Waals surface area contributed by atoms with E-state index in [0.717, 1.165) is 4.90 Å². The average molecular weight is 298 g/mol. The van der Waals surface area contributed by atoms with Gasteiger partial charge in [-0.25, -0.2) is 0 Å². The minimum atomic E-state index is -1.43. The zero-order chi connectivity index (χ0) is 15.3. The van der Waals surface area contributed by atoms with E-state index in [9.17, 15) is 19.8 Å². The van der Waals surface area contributed by atoms with E-state index < -0.39 is 42.6 Å². The number of hydrogen-bond acceptors (Lipinski definition) is 8. The zero-order valence-electron chi connectivity index (χ0n) is 10.8. The lowest BCUT2D eigenvalue weighted by Crippen LogP contribution is -2.46. The van der Waals surface area contributed by atoms with Crippen molar-refractivity contribution in [2.75, 3.05) is 17.2 Å². The van der Waals surface area contributed by atoms with Gasteiger partial charge in [0.25, 0.3) is 5.56 Å². The number of fused-ring (bicyclic) bond motifs is 1. The molecule has 0 bridgehead atoms. The van der Waals surface area contributed by atoms with Crippen LogP contribution in [0.5, 0.6) is 0 Å². The first-order chi connectivity index (χ1) is 9.93. The smallest absolute Gasteiger partial charge is 0.258 e. The van der Waals surface area contributed by atoms with Crippen LogP contribution in [-0.2, 0) is 16.0 Å². The van der Waals surface area contributed by atoms with Crippen LogP contribution in [0.1, 0.15) is 5.56 Å². The van der Waals surface area contributed by atoms with Gasteiger partial charge in [0.15, 0.2) is 12.0 Å². The minimum absolute atomic E-state index is 0.00362. The summed E-state index contributed by atoms with van der Waals surface area (Å²) in [7, 11) is 0. The summed E-state index contributed by atoms with van der Waals surface area (Å²) < 4.78 is 5.29. The number of ether oxygens (including phenoxy) is 1.